The zero-order chi connectivity index (χ0) is 22.7. The summed E-state index contributed by atoms with van der Waals surface area (Å²) in [7, 11) is 0. The van der Waals surface area contributed by atoms with Gasteiger partial charge in [0.05, 0.1) is 17.1 Å². The lowest BCUT2D eigenvalue weighted by Crippen LogP contribution is -2.33. The van der Waals surface area contributed by atoms with Gasteiger partial charge < -0.3 is 10.6 Å². The summed E-state index contributed by atoms with van der Waals surface area (Å²) in [6, 6.07) is 17.4. The molecule has 0 spiro atoms. The van der Waals surface area contributed by atoms with Crippen molar-refractivity contribution in [3.05, 3.63) is 82.5 Å². The number of aromatic nitrogens is 3. The van der Waals surface area contributed by atoms with Gasteiger partial charge in [-0.05, 0) is 55.5 Å². The SMILES string of the molecule is Cc1cc(C)c(NC(=O)CNC(=O)c2nc(-c3cccs3)n(-c3ccccc3)n2)c(C)c1. The zero-order valence-electron chi connectivity index (χ0n) is 18.0. The number of hydrogen-bond acceptors (Lipinski definition) is 5. The van der Waals surface area contributed by atoms with E-state index in [4.69, 9.17) is 0 Å². The van der Waals surface area contributed by atoms with E-state index in [1.165, 1.54) is 11.3 Å². The first-order valence-electron chi connectivity index (χ1n) is 10.1. The van der Waals surface area contributed by atoms with Crippen molar-refractivity contribution in [3.63, 3.8) is 0 Å². The van der Waals surface area contributed by atoms with Gasteiger partial charge in [0, 0.05) is 5.69 Å². The van der Waals surface area contributed by atoms with Gasteiger partial charge in [0.25, 0.3) is 5.91 Å². The maximum absolute atomic E-state index is 12.7. The number of anilines is 1. The first-order chi connectivity index (χ1) is 15.4. The molecule has 0 fully saturated rings. The molecule has 2 amide bonds. The Kier molecular flexibility index (Phi) is 6.13. The number of thiophene rings is 1. The van der Waals surface area contributed by atoms with Crippen LogP contribution in [0.5, 0.6) is 0 Å². The molecule has 2 heterocycles. The molecule has 162 valence electrons. The van der Waals surface area contributed by atoms with Crippen molar-refractivity contribution in [2.45, 2.75) is 20.8 Å². The number of amides is 2. The molecule has 4 aromatic rings. The maximum Gasteiger partial charge on any atom is 0.291 e. The molecule has 0 saturated carbocycles. The second-order valence-electron chi connectivity index (χ2n) is 7.49. The van der Waals surface area contributed by atoms with Gasteiger partial charge in [-0.1, -0.05) is 42.0 Å². The molecule has 2 aromatic carbocycles. The smallest absolute Gasteiger partial charge is 0.291 e. The molecule has 0 radical (unpaired) electrons. The second-order valence-corrected chi connectivity index (χ2v) is 8.44. The predicted octanol–water partition coefficient (Wildman–Crippen LogP) is 4.29. The Hall–Kier alpha value is -3.78. The summed E-state index contributed by atoms with van der Waals surface area (Å²) < 4.78 is 1.64. The molecule has 0 aliphatic carbocycles. The van der Waals surface area contributed by atoms with Crippen LogP contribution in [0.15, 0.2) is 60.0 Å². The largest absolute Gasteiger partial charge is 0.340 e. The van der Waals surface area contributed by atoms with Crippen molar-refractivity contribution in [1.29, 1.82) is 0 Å². The highest BCUT2D eigenvalue weighted by molar-refractivity contribution is 7.13. The van der Waals surface area contributed by atoms with Crippen LogP contribution >= 0.6 is 11.3 Å². The predicted molar refractivity (Wildman–Crippen MR) is 126 cm³/mol. The quantitative estimate of drug-likeness (QED) is 0.463. The third-order valence-electron chi connectivity index (χ3n) is 4.90. The molecule has 2 N–H and O–H groups in total. The molecular formula is C24H23N5O2S. The van der Waals surface area contributed by atoms with Gasteiger partial charge in [-0.3, -0.25) is 9.59 Å². The van der Waals surface area contributed by atoms with Crippen molar-refractivity contribution in [2.24, 2.45) is 0 Å². The highest BCUT2D eigenvalue weighted by atomic mass is 32.1. The monoisotopic (exact) mass is 445 g/mol. The van der Waals surface area contributed by atoms with Crippen LogP contribution in [0.4, 0.5) is 5.69 Å². The summed E-state index contributed by atoms with van der Waals surface area (Å²) in [6.45, 7) is 5.72. The Morgan fingerprint density at radius 2 is 1.72 bits per heavy atom. The number of nitrogens with zero attached hydrogens (tertiary/aromatic N) is 3. The fourth-order valence-corrected chi connectivity index (χ4v) is 4.22. The van der Waals surface area contributed by atoms with Crippen LogP contribution < -0.4 is 10.6 Å². The highest BCUT2D eigenvalue weighted by Crippen LogP contribution is 2.25. The summed E-state index contributed by atoms with van der Waals surface area (Å²) >= 11 is 1.51. The average Bonchev–Trinajstić information content (AvgIpc) is 3.45. The van der Waals surface area contributed by atoms with E-state index in [-0.39, 0.29) is 18.3 Å². The van der Waals surface area contributed by atoms with Gasteiger partial charge in [0.2, 0.25) is 11.7 Å². The van der Waals surface area contributed by atoms with E-state index in [0.29, 0.717) is 5.82 Å². The zero-order valence-corrected chi connectivity index (χ0v) is 18.9. The van der Waals surface area contributed by atoms with E-state index in [9.17, 15) is 9.59 Å². The van der Waals surface area contributed by atoms with Crippen molar-refractivity contribution < 1.29 is 9.59 Å². The lowest BCUT2D eigenvalue weighted by molar-refractivity contribution is -0.115. The van der Waals surface area contributed by atoms with Crippen LogP contribution in [-0.2, 0) is 4.79 Å². The van der Waals surface area contributed by atoms with Crippen LogP contribution in [0.3, 0.4) is 0 Å². The topological polar surface area (TPSA) is 88.9 Å². The normalized spacial score (nSPS) is 10.7. The van der Waals surface area contributed by atoms with E-state index in [2.05, 4.69) is 20.7 Å². The number of nitrogens with one attached hydrogen (secondary N) is 2. The Bertz CT molecular complexity index is 1240. The van der Waals surface area contributed by atoms with Crippen molar-refractivity contribution in [1.82, 2.24) is 20.1 Å². The van der Waals surface area contributed by atoms with Crippen molar-refractivity contribution in [3.8, 4) is 16.4 Å². The van der Waals surface area contributed by atoms with Crippen LogP contribution in [0.1, 0.15) is 27.3 Å². The van der Waals surface area contributed by atoms with E-state index in [0.717, 1.165) is 32.9 Å². The number of hydrogen-bond donors (Lipinski definition) is 2. The van der Waals surface area contributed by atoms with E-state index < -0.39 is 5.91 Å². The lowest BCUT2D eigenvalue weighted by atomic mass is 10.1. The highest BCUT2D eigenvalue weighted by Gasteiger charge is 2.20. The summed E-state index contributed by atoms with van der Waals surface area (Å²) in [5.74, 6) is -0.237. The summed E-state index contributed by atoms with van der Waals surface area (Å²) in [5, 5.41) is 11.8. The number of carbonyl (C=O) groups is 2. The Morgan fingerprint density at radius 1 is 1.00 bits per heavy atom. The van der Waals surface area contributed by atoms with Crippen molar-refractivity contribution >= 4 is 28.8 Å². The minimum atomic E-state index is -0.509. The third-order valence-corrected chi connectivity index (χ3v) is 5.77. The van der Waals surface area contributed by atoms with E-state index in [1.807, 2.05) is 80.7 Å². The molecule has 2 aromatic heterocycles. The fourth-order valence-electron chi connectivity index (χ4n) is 3.52. The summed E-state index contributed by atoms with van der Waals surface area (Å²) in [4.78, 5) is 30.5. The van der Waals surface area contributed by atoms with Gasteiger partial charge in [0.1, 0.15) is 0 Å². The Labute approximate surface area is 190 Å². The first kappa shape index (κ1) is 21.5. The van der Waals surface area contributed by atoms with Gasteiger partial charge in [0.15, 0.2) is 5.82 Å². The van der Waals surface area contributed by atoms with Crippen LogP contribution in [0.25, 0.3) is 16.4 Å². The number of rotatable bonds is 6. The number of carbonyl (C=O) groups excluding carboxylic acids is 2. The molecule has 0 bridgehead atoms. The van der Waals surface area contributed by atoms with Crippen LogP contribution in [-0.4, -0.2) is 33.1 Å². The van der Waals surface area contributed by atoms with Crippen LogP contribution in [0.2, 0.25) is 0 Å². The average molecular weight is 446 g/mol. The third kappa shape index (κ3) is 4.60. The number of para-hydroxylation sites is 1. The fraction of sp³-hybridized carbons (Fsp3) is 0.167. The molecule has 4 rings (SSSR count). The maximum atomic E-state index is 12.7. The van der Waals surface area contributed by atoms with Gasteiger partial charge >= 0.3 is 0 Å². The lowest BCUT2D eigenvalue weighted by Gasteiger charge is -2.13. The van der Waals surface area contributed by atoms with E-state index in [1.54, 1.807) is 4.68 Å². The number of aryl methyl sites for hydroxylation is 3. The van der Waals surface area contributed by atoms with Gasteiger partial charge in [-0.15, -0.1) is 16.4 Å². The molecule has 0 aliphatic rings. The molecule has 0 aliphatic heterocycles. The van der Waals surface area contributed by atoms with Gasteiger partial charge in [-0.25, -0.2) is 9.67 Å². The van der Waals surface area contributed by atoms with Crippen LogP contribution in [0, 0.1) is 20.8 Å². The first-order valence-corrected chi connectivity index (χ1v) is 11.0. The van der Waals surface area contributed by atoms with E-state index >= 15 is 0 Å². The molecule has 0 atom stereocenters. The summed E-state index contributed by atoms with van der Waals surface area (Å²) in [5.41, 5.74) is 4.65. The van der Waals surface area contributed by atoms with Gasteiger partial charge in [-0.2, -0.15) is 0 Å². The molecule has 0 unspecified atom stereocenters. The Morgan fingerprint density at radius 3 is 2.38 bits per heavy atom. The molecule has 32 heavy (non-hydrogen) atoms. The molecule has 8 heteroatoms. The summed E-state index contributed by atoms with van der Waals surface area (Å²) in [6.07, 6.45) is 0. The molecule has 0 saturated heterocycles. The Balaban J connectivity index is 1.50. The number of benzene rings is 2. The minimum Gasteiger partial charge on any atom is -0.340 e. The minimum absolute atomic E-state index is 0.00718. The molecular weight excluding hydrogens is 422 g/mol. The standard InChI is InChI=1S/C24H23N5O2S/c1-15-12-16(2)21(17(3)13-15)26-20(30)14-25-24(31)22-27-23(19-10-7-11-32-19)29(28-22)18-8-5-4-6-9-18/h4-13H,14H2,1-3H3,(H,25,31)(H,26,30). The second kappa shape index (κ2) is 9.15. The van der Waals surface area contributed by atoms with Crippen molar-refractivity contribution in [2.75, 3.05) is 11.9 Å². The molecule has 7 nitrogen and oxygen atoms in total.